The summed E-state index contributed by atoms with van der Waals surface area (Å²) < 4.78 is 19.5. The molecule has 1 heteroatoms. The molecule has 0 N–H and O–H groups in total. The average molecular weight is 570 g/mol. The Morgan fingerprint density at radius 2 is 1.40 bits per heavy atom. The molecule has 1 unspecified atom stereocenters. The molecule has 0 radical (unpaired) electrons. The molecule has 30 heavy (non-hydrogen) atoms. The second-order valence-corrected chi connectivity index (χ2v) is 130. The van der Waals surface area contributed by atoms with Crippen molar-refractivity contribution >= 4 is 16.8 Å². The summed E-state index contributed by atoms with van der Waals surface area (Å²) >= 11 is -5.63. The van der Waals surface area contributed by atoms with Gasteiger partial charge < -0.3 is 0 Å². The minimum atomic E-state index is -5.63. The minimum absolute atomic E-state index is 0.0411. The first-order valence-electron chi connectivity index (χ1n) is 12.2. The van der Waals surface area contributed by atoms with E-state index >= 15 is 0 Å². The zero-order valence-electron chi connectivity index (χ0n) is 20.6. The Hall–Kier alpha value is -1.21. The summed E-state index contributed by atoms with van der Waals surface area (Å²) in [7, 11) is 0. The van der Waals surface area contributed by atoms with Gasteiger partial charge in [0.2, 0.25) is 0 Å². The molecule has 0 heterocycles. The molecular weight excluding hydrogens is 527 g/mol. The fraction of sp³-hybridized carbons (Fsp3) is 0.448. The number of rotatable bonds is 5. The van der Waals surface area contributed by atoms with Crippen LogP contribution in [0.15, 0.2) is 66.8 Å². The molecule has 0 fully saturated rings. The Balaban J connectivity index is 2.24. The maximum atomic E-state index is 2.73. The standard InChI is InChI=1S/C17H17.C5H5.7CH3.Hf/c1-2-3-6-13-9-10-16-11-14-7-4-5-8-15(14)12-17(13)16;1-2-4-5-3-1;;;;;;;;/h4-5,7-12H,2-3,6H2,1H3;1-5H;7*1H3;. The van der Waals surface area contributed by atoms with Crippen LogP contribution in [-0.4, -0.2) is 0 Å². The molecular formula is C29H43Hf. The summed E-state index contributed by atoms with van der Waals surface area (Å²) in [5, 5.41) is 2.70. The van der Waals surface area contributed by atoms with Crippen LogP contribution in [0.3, 0.4) is 0 Å². The van der Waals surface area contributed by atoms with Gasteiger partial charge in [0.1, 0.15) is 0 Å². The van der Waals surface area contributed by atoms with Crippen molar-refractivity contribution in [1.29, 1.82) is 0 Å². The quantitative estimate of drug-likeness (QED) is 0.314. The van der Waals surface area contributed by atoms with Crippen molar-refractivity contribution in [2.75, 3.05) is 0 Å². The van der Waals surface area contributed by atoms with Gasteiger partial charge >= 0.3 is 173 Å². The third-order valence-corrected chi connectivity index (χ3v) is 56.6. The van der Waals surface area contributed by atoms with Crippen LogP contribution in [0.2, 0.25) is 36.4 Å². The van der Waals surface area contributed by atoms with Crippen LogP contribution in [0, 0.1) is 0 Å². The van der Waals surface area contributed by atoms with Gasteiger partial charge in [-0.05, 0) is 0 Å². The average Bonchev–Trinajstić information content (AvgIpc) is 3.27. The second-order valence-electron chi connectivity index (χ2n) is 20.9. The summed E-state index contributed by atoms with van der Waals surface area (Å²) in [5.74, 6) is 0. The van der Waals surface area contributed by atoms with Crippen LogP contribution >= 0.6 is 0 Å². The molecule has 1 atom stereocenters. The van der Waals surface area contributed by atoms with Crippen molar-refractivity contribution in [3.63, 3.8) is 0 Å². The van der Waals surface area contributed by atoms with E-state index in [2.05, 4.69) is 113 Å². The van der Waals surface area contributed by atoms with Gasteiger partial charge in [-0.2, -0.15) is 0 Å². The SMILES string of the molecule is CCCC[C]1([Hf]([CH3])([CH3])([CH3])([CH3])([CH3])([CH3])([CH3])[CH]2C=CC=C2)C=Cc2cc3ccccc3cc21. The van der Waals surface area contributed by atoms with E-state index in [-0.39, 0.29) is 3.17 Å². The molecule has 163 valence electrons. The van der Waals surface area contributed by atoms with Crippen LogP contribution in [0.25, 0.3) is 16.8 Å². The van der Waals surface area contributed by atoms with Crippen LogP contribution in [0.5, 0.6) is 0 Å². The van der Waals surface area contributed by atoms with Crippen molar-refractivity contribution < 1.29 is 12.6 Å². The predicted molar refractivity (Wildman–Crippen MR) is 137 cm³/mol. The van der Waals surface area contributed by atoms with E-state index in [1.54, 1.807) is 5.56 Å². The van der Waals surface area contributed by atoms with Gasteiger partial charge in [0.25, 0.3) is 0 Å². The third-order valence-electron chi connectivity index (χ3n) is 10.5. The van der Waals surface area contributed by atoms with Crippen molar-refractivity contribution in [2.45, 2.75) is 65.8 Å². The topological polar surface area (TPSA) is 0 Å². The van der Waals surface area contributed by atoms with Crippen LogP contribution in [-0.2, 0) is 15.8 Å². The summed E-state index contributed by atoms with van der Waals surface area (Å²) in [4.78, 5) is 0. The third kappa shape index (κ3) is 2.42. The zero-order valence-corrected chi connectivity index (χ0v) is 24.2. The summed E-state index contributed by atoms with van der Waals surface area (Å²) in [5.41, 5.74) is 2.96. The van der Waals surface area contributed by atoms with Crippen molar-refractivity contribution in [2.24, 2.45) is 0 Å². The molecule has 0 aromatic heterocycles. The monoisotopic (exact) mass is 571 g/mol. The normalized spacial score (nSPS) is 28.2. The number of unbranched alkanes of at least 4 members (excludes halogenated alkanes) is 1. The van der Waals surface area contributed by atoms with Crippen molar-refractivity contribution in [1.82, 2.24) is 0 Å². The summed E-state index contributed by atoms with van der Waals surface area (Å²) in [6.45, 7) is 2.33. The fourth-order valence-electron chi connectivity index (χ4n) is 7.55. The van der Waals surface area contributed by atoms with E-state index < -0.39 is 12.6 Å². The van der Waals surface area contributed by atoms with Crippen LogP contribution < -0.4 is 0 Å². The predicted octanol–water partition coefficient (Wildman–Crippen LogP) is 10.3. The molecule has 2 aromatic rings. The molecule has 0 aliphatic heterocycles. The molecule has 2 aliphatic carbocycles. The Bertz CT molecular complexity index is 1220. The van der Waals surface area contributed by atoms with Crippen LogP contribution in [0.4, 0.5) is 0 Å². The van der Waals surface area contributed by atoms with Gasteiger partial charge in [-0.15, -0.1) is 0 Å². The van der Waals surface area contributed by atoms with Gasteiger partial charge in [0, 0.05) is 0 Å². The second kappa shape index (κ2) is 3.98. The Labute approximate surface area is 172 Å². The zero-order chi connectivity index (χ0) is 22.3. The number of allylic oxidation sites excluding steroid dienone is 5. The summed E-state index contributed by atoms with van der Waals surface area (Å²) in [6.07, 6.45) is 18.3. The molecule has 0 amide bonds. The molecule has 0 spiro atoms. The van der Waals surface area contributed by atoms with E-state index in [9.17, 15) is 0 Å². The molecule has 2 aliphatic rings. The maximum absolute atomic E-state index is 5.63. The first kappa shape index (κ1) is 22.0. The first-order chi connectivity index (χ1) is 13.2. The Kier molecular flexibility index (Phi) is 2.92. The molecule has 4 rings (SSSR count). The van der Waals surface area contributed by atoms with E-state index in [1.165, 1.54) is 35.6 Å². The molecule has 0 bridgehead atoms. The fourth-order valence-corrected chi connectivity index (χ4v) is 41.2. The van der Waals surface area contributed by atoms with Gasteiger partial charge in [0.05, 0.1) is 0 Å². The molecule has 0 saturated carbocycles. The van der Waals surface area contributed by atoms with Crippen LogP contribution in [0.1, 0.15) is 37.3 Å². The Morgan fingerprint density at radius 1 is 0.833 bits per heavy atom. The molecule has 0 saturated heterocycles. The number of fused-ring (bicyclic) bond motifs is 2. The van der Waals surface area contributed by atoms with E-state index in [1.807, 2.05) is 0 Å². The van der Waals surface area contributed by atoms with Gasteiger partial charge in [0.15, 0.2) is 0 Å². The van der Waals surface area contributed by atoms with Gasteiger partial charge in [-0.1, -0.05) is 0 Å². The number of hydrogen-bond acceptors (Lipinski definition) is 0. The molecule has 0 nitrogen and oxygen atoms in total. The van der Waals surface area contributed by atoms with Crippen molar-refractivity contribution in [3.8, 4) is 0 Å². The Morgan fingerprint density at radius 3 is 1.97 bits per heavy atom. The number of hydrogen-bond donors (Lipinski definition) is 0. The van der Waals surface area contributed by atoms with E-state index in [0.29, 0.717) is 3.67 Å². The first-order valence-corrected chi connectivity index (χ1v) is 41.2. The molecule has 2 aromatic carbocycles. The van der Waals surface area contributed by atoms with E-state index in [4.69, 9.17) is 0 Å². The number of benzene rings is 2. The van der Waals surface area contributed by atoms with Crippen molar-refractivity contribution in [3.05, 3.63) is 77.9 Å². The van der Waals surface area contributed by atoms with Gasteiger partial charge in [-0.3, -0.25) is 0 Å². The summed E-state index contributed by atoms with van der Waals surface area (Å²) in [6, 6.07) is 13.8. The van der Waals surface area contributed by atoms with E-state index in [0.717, 1.165) is 0 Å². The van der Waals surface area contributed by atoms with Gasteiger partial charge in [-0.25, -0.2) is 0 Å².